The smallest absolute Gasteiger partial charge is 0.286 e. The Balaban J connectivity index is 2.04. The number of hydrogen-bond acceptors (Lipinski definition) is 3. The molecule has 110 valence electrons. The summed E-state index contributed by atoms with van der Waals surface area (Å²) in [6.45, 7) is 1.90. The van der Waals surface area contributed by atoms with Crippen molar-refractivity contribution in [3.05, 3.63) is 65.4 Å². The molecule has 5 heteroatoms. The van der Waals surface area contributed by atoms with E-state index in [0.29, 0.717) is 22.2 Å². The van der Waals surface area contributed by atoms with E-state index in [9.17, 15) is 9.59 Å². The zero-order chi connectivity index (χ0) is 15.7. The first-order valence-corrected chi connectivity index (χ1v) is 6.75. The Labute approximate surface area is 126 Å². The highest BCUT2D eigenvalue weighted by atomic mass is 16.3. The van der Waals surface area contributed by atoms with E-state index in [2.05, 4.69) is 5.32 Å². The van der Waals surface area contributed by atoms with Crippen LogP contribution in [0.15, 0.2) is 52.9 Å². The molecular formula is C17H14N2O3. The van der Waals surface area contributed by atoms with Crippen LogP contribution in [-0.2, 0) is 0 Å². The molecule has 1 aromatic heterocycles. The number of amides is 2. The normalized spacial score (nSPS) is 10.6. The third-order valence-corrected chi connectivity index (χ3v) is 3.34. The Hall–Kier alpha value is -3.08. The minimum absolute atomic E-state index is 0.0535. The minimum Gasteiger partial charge on any atom is -0.449 e. The molecule has 0 aliphatic carbocycles. The Bertz CT molecular complexity index is 880. The van der Waals surface area contributed by atoms with Crippen molar-refractivity contribution in [1.29, 1.82) is 0 Å². The fraction of sp³-hybridized carbons (Fsp3) is 0.0588. The Morgan fingerprint density at radius 2 is 1.86 bits per heavy atom. The van der Waals surface area contributed by atoms with Crippen molar-refractivity contribution in [3.63, 3.8) is 0 Å². The standard InChI is InChI=1S/C17H14N2O3/c1-10-5-4-6-11(9-10)17(21)19-14-12-7-2-3-8-13(12)22-15(14)16(18)20/h2-9H,1H3,(H2,18,20)(H,19,21). The number of aryl methyl sites for hydroxylation is 1. The number of primary amides is 1. The third kappa shape index (κ3) is 2.44. The van der Waals surface area contributed by atoms with Gasteiger partial charge in [-0.05, 0) is 31.2 Å². The van der Waals surface area contributed by atoms with E-state index < -0.39 is 5.91 Å². The Morgan fingerprint density at radius 1 is 1.09 bits per heavy atom. The monoisotopic (exact) mass is 294 g/mol. The lowest BCUT2D eigenvalue weighted by molar-refractivity contribution is 0.0977. The molecule has 0 aliphatic rings. The number of carbonyl (C=O) groups is 2. The second-order valence-corrected chi connectivity index (χ2v) is 4.99. The molecular weight excluding hydrogens is 280 g/mol. The van der Waals surface area contributed by atoms with Gasteiger partial charge in [-0.1, -0.05) is 29.8 Å². The molecule has 3 N–H and O–H groups in total. The quantitative estimate of drug-likeness (QED) is 0.778. The summed E-state index contributed by atoms with van der Waals surface area (Å²) in [5.41, 5.74) is 7.60. The second-order valence-electron chi connectivity index (χ2n) is 4.99. The van der Waals surface area contributed by atoms with E-state index in [-0.39, 0.29) is 11.7 Å². The molecule has 0 aliphatic heterocycles. The predicted molar refractivity (Wildman–Crippen MR) is 83.9 cm³/mol. The van der Waals surface area contributed by atoms with Gasteiger partial charge in [0.15, 0.2) is 0 Å². The Kier molecular flexibility index (Phi) is 3.39. The van der Waals surface area contributed by atoms with Crippen molar-refractivity contribution >= 4 is 28.5 Å². The van der Waals surface area contributed by atoms with Gasteiger partial charge in [-0.25, -0.2) is 0 Å². The van der Waals surface area contributed by atoms with Gasteiger partial charge in [0.1, 0.15) is 11.3 Å². The van der Waals surface area contributed by atoms with Gasteiger partial charge in [0.2, 0.25) is 5.76 Å². The first-order valence-electron chi connectivity index (χ1n) is 6.75. The summed E-state index contributed by atoms with van der Waals surface area (Å²) in [6.07, 6.45) is 0. The SMILES string of the molecule is Cc1cccc(C(=O)Nc2c(C(N)=O)oc3ccccc23)c1. The number of nitrogens with two attached hydrogens (primary N) is 1. The summed E-state index contributed by atoms with van der Waals surface area (Å²) >= 11 is 0. The molecule has 3 rings (SSSR count). The minimum atomic E-state index is -0.726. The molecule has 1 heterocycles. The number of furan rings is 1. The molecule has 22 heavy (non-hydrogen) atoms. The summed E-state index contributed by atoms with van der Waals surface area (Å²) in [5, 5.41) is 3.36. The fourth-order valence-corrected chi connectivity index (χ4v) is 2.32. The molecule has 0 radical (unpaired) electrons. The van der Waals surface area contributed by atoms with Crippen LogP contribution in [-0.4, -0.2) is 11.8 Å². The lowest BCUT2D eigenvalue weighted by Crippen LogP contribution is -2.17. The van der Waals surface area contributed by atoms with Gasteiger partial charge in [-0.2, -0.15) is 0 Å². The second kappa shape index (κ2) is 5.37. The number of benzene rings is 2. The largest absolute Gasteiger partial charge is 0.449 e. The molecule has 0 saturated heterocycles. The van der Waals surface area contributed by atoms with Gasteiger partial charge in [-0.15, -0.1) is 0 Å². The number of carbonyl (C=O) groups excluding carboxylic acids is 2. The first-order chi connectivity index (χ1) is 10.6. The van der Waals surface area contributed by atoms with E-state index in [1.807, 2.05) is 13.0 Å². The average Bonchev–Trinajstić information content (AvgIpc) is 2.86. The highest BCUT2D eigenvalue weighted by molar-refractivity contribution is 6.14. The number of rotatable bonds is 3. The molecule has 3 aromatic rings. The third-order valence-electron chi connectivity index (χ3n) is 3.34. The molecule has 2 amide bonds. The maximum atomic E-state index is 12.4. The van der Waals surface area contributed by atoms with E-state index in [4.69, 9.17) is 10.2 Å². The predicted octanol–water partition coefficient (Wildman–Crippen LogP) is 3.09. The molecule has 0 saturated carbocycles. The van der Waals surface area contributed by atoms with Crippen LogP contribution in [0.4, 0.5) is 5.69 Å². The molecule has 0 bridgehead atoms. The van der Waals surface area contributed by atoms with Gasteiger partial charge in [-0.3, -0.25) is 9.59 Å². The van der Waals surface area contributed by atoms with E-state index in [1.54, 1.807) is 42.5 Å². The lowest BCUT2D eigenvalue weighted by Gasteiger charge is -2.05. The highest BCUT2D eigenvalue weighted by Gasteiger charge is 2.20. The molecule has 0 atom stereocenters. The van der Waals surface area contributed by atoms with Crippen LogP contribution < -0.4 is 11.1 Å². The van der Waals surface area contributed by atoms with Crippen LogP contribution in [0.1, 0.15) is 26.5 Å². The zero-order valence-electron chi connectivity index (χ0n) is 11.9. The van der Waals surface area contributed by atoms with Crippen molar-refractivity contribution in [2.75, 3.05) is 5.32 Å². The van der Waals surface area contributed by atoms with Crippen molar-refractivity contribution in [1.82, 2.24) is 0 Å². The summed E-state index contributed by atoms with van der Waals surface area (Å²) < 4.78 is 5.43. The van der Waals surface area contributed by atoms with Crippen molar-refractivity contribution < 1.29 is 14.0 Å². The van der Waals surface area contributed by atoms with Crippen LogP contribution in [0.5, 0.6) is 0 Å². The number of para-hydroxylation sites is 1. The average molecular weight is 294 g/mol. The maximum Gasteiger partial charge on any atom is 0.286 e. The molecule has 2 aromatic carbocycles. The summed E-state index contributed by atoms with van der Waals surface area (Å²) in [4.78, 5) is 23.9. The maximum absolute atomic E-state index is 12.4. The van der Waals surface area contributed by atoms with E-state index >= 15 is 0 Å². The fourth-order valence-electron chi connectivity index (χ4n) is 2.32. The van der Waals surface area contributed by atoms with Crippen LogP contribution in [0, 0.1) is 6.92 Å². The topological polar surface area (TPSA) is 85.3 Å². The van der Waals surface area contributed by atoms with Gasteiger partial charge >= 0.3 is 0 Å². The van der Waals surface area contributed by atoms with Gasteiger partial charge < -0.3 is 15.5 Å². The number of nitrogens with one attached hydrogen (secondary N) is 1. The Morgan fingerprint density at radius 3 is 2.59 bits per heavy atom. The van der Waals surface area contributed by atoms with Crippen molar-refractivity contribution in [2.45, 2.75) is 6.92 Å². The van der Waals surface area contributed by atoms with Crippen LogP contribution in [0.3, 0.4) is 0 Å². The van der Waals surface area contributed by atoms with Crippen molar-refractivity contribution in [3.8, 4) is 0 Å². The molecule has 0 unspecified atom stereocenters. The summed E-state index contributed by atoms with van der Waals surface area (Å²) in [7, 11) is 0. The zero-order valence-corrected chi connectivity index (χ0v) is 11.9. The number of fused-ring (bicyclic) bond motifs is 1. The van der Waals surface area contributed by atoms with Crippen LogP contribution in [0.2, 0.25) is 0 Å². The van der Waals surface area contributed by atoms with Crippen LogP contribution in [0.25, 0.3) is 11.0 Å². The molecule has 0 fully saturated rings. The molecule has 0 spiro atoms. The van der Waals surface area contributed by atoms with Gasteiger partial charge in [0.05, 0.1) is 0 Å². The highest BCUT2D eigenvalue weighted by Crippen LogP contribution is 2.30. The number of anilines is 1. The van der Waals surface area contributed by atoms with Gasteiger partial charge in [0, 0.05) is 10.9 Å². The van der Waals surface area contributed by atoms with Gasteiger partial charge in [0.25, 0.3) is 11.8 Å². The first kappa shape index (κ1) is 13.9. The molecule has 5 nitrogen and oxygen atoms in total. The lowest BCUT2D eigenvalue weighted by atomic mass is 10.1. The van der Waals surface area contributed by atoms with Crippen molar-refractivity contribution in [2.24, 2.45) is 5.73 Å². The van der Waals surface area contributed by atoms with E-state index in [1.165, 1.54) is 0 Å². The number of hydrogen-bond donors (Lipinski definition) is 2. The summed E-state index contributed by atoms with van der Waals surface area (Å²) in [6, 6.07) is 14.2. The van der Waals surface area contributed by atoms with Crippen LogP contribution >= 0.6 is 0 Å². The summed E-state index contributed by atoms with van der Waals surface area (Å²) in [5.74, 6) is -1.10. The van der Waals surface area contributed by atoms with E-state index in [0.717, 1.165) is 5.56 Å².